The average Bonchev–Trinajstić information content (AvgIpc) is 3.15. The van der Waals surface area contributed by atoms with Gasteiger partial charge >= 0.3 is 5.97 Å². The van der Waals surface area contributed by atoms with Gasteiger partial charge in [-0.15, -0.1) is 11.3 Å². The first-order valence-corrected chi connectivity index (χ1v) is 10.9. The number of thiophene rings is 1. The fourth-order valence-electron chi connectivity index (χ4n) is 4.18. The third-order valence-corrected chi connectivity index (χ3v) is 6.81. The standard InChI is InChI=1S/C24H20N2O3S/c27-23-20-18-11-4-5-12-19(18)30-22(20)25-21(16-8-2-1-3-9-16)26(23)14-15-7-6-10-17(13-15)24(28)29/h1-3,6-10,13H,4-5,11-12,14H2,(H,28,29). The van der Waals surface area contributed by atoms with Crippen molar-refractivity contribution in [1.82, 2.24) is 9.55 Å². The van der Waals surface area contributed by atoms with Gasteiger partial charge in [0.15, 0.2) is 0 Å². The highest BCUT2D eigenvalue weighted by Gasteiger charge is 2.22. The Morgan fingerprint density at radius 2 is 1.87 bits per heavy atom. The van der Waals surface area contributed by atoms with Gasteiger partial charge in [0.25, 0.3) is 5.56 Å². The Morgan fingerprint density at radius 3 is 2.67 bits per heavy atom. The molecule has 6 heteroatoms. The van der Waals surface area contributed by atoms with Gasteiger partial charge in [-0.1, -0.05) is 42.5 Å². The minimum Gasteiger partial charge on any atom is -0.478 e. The smallest absolute Gasteiger partial charge is 0.335 e. The van der Waals surface area contributed by atoms with Crippen LogP contribution in [0.15, 0.2) is 59.4 Å². The molecular formula is C24H20N2O3S. The van der Waals surface area contributed by atoms with Crippen LogP contribution in [0.1, 0.15) is 39.2 Å². The summed E-state index contributed by atoms with van der Waals surface area (Å²) in [6.45, 7) is 0.276. The molecule has 0 saturated heterocycles. The molecule has 0 aliphatic heterocycles. The molecule has 0 radical (unpaired) electrons. The number of fused-ring (bicyclic) bond motifs is 3. The van der Waals surface area contributed by atoms with Crippen LogP contribution in [-0.2, 0) is 19.4 Å². The summed E-state index contributed by atoms with van der Waals surface area (Å²) >= 11 is 1.64. The van der Waals surface area contributed by atoms with Gasteiger partial charge in [-0.2, -0.15) is 0 Å². The number of hydrogen-bond acceptors (Lipinski definition) is 4. The Balaban J connectivity index is 1.74. The van der Waals surface area contributed by atoms with Crippen molar-refractivity contribution >= 4 is 27.5 Å². The SMILES string of the molecule is O=C(O)c1cccc(Cn2c(-c3ccccc3)nc3sc4c(c3c2=O)CCCC4)c1. The Labute approximate surface area is 177 Å². The lowest BCUT2D eigenvalue weighted by Crippen LogP contribution is -2.24. The maximum Gasteiger partial charge on any atom is 0.335 e. The van der Waals surface area contributed by atoms with E-state index < -0.39 is 5.97 Å². The predicted octanol–water partition coefficient (Wildman–Crippen LogP) is 4.75. The number of aryl methyl sites for hydroxylation is 2. The van der Waals surface area contributed by atoms with Crippen LogP contribution in [0.2, 0.25) is 0 Å². The summed E-state index contributed by atoms with van der Waals surface area (Å²) in [6, 6.07) is 16.4. The maximum atomic E-state index is 13.7. The fourth-order valence-corrected chi connectivity index (χ4v) is 5.43. The number of benzene rings is 2. The molecule has 4 aromatic rings. The van der Waals surface area contributed by atoms with E-state index in [9.17, 15) is 14.7 Å². The first kappa shape index (κ1) is 18.8. The number of aromatic carboxylic acids is 1. The number of nitrogens with zero attached hydrogens (tertiary/aromatic N) is 2. The van der Waals surface area contributed by atoms with E-state index in [0.29, 0.717) is 5.82 Å². The molecule has 0 atom stereocenters. The molecule has 150 valence electrons. The zero-order valence-electron chi connectivity index (χ0n) is 16.3. The van der Waals surface area contributed by atoms with Crippen LogP contribution in [-0.4, -0.2) is 20.6 Å². The van der Waals surface area contributed by atoms with E-state index in [1.54, 1.807) is 34.1 Å². The van der Waals surface area contributed by atoms with Gasteiger partial charge in [-0.05, 0) is 48.9 Å². The van der Waals surface area contributed by atoms with Gasteiger partial charge in [0.05, 0.1) is 17.5 Å². The van der Waals surface area contributed by atoms with Gasteiger partial charge in [-0.25, -0.2) is 9.78 Å². The first-order valence-electron chi connectivity index (χ1n) is 10.0. The van der Waals surface area contributed by atoms with Crippen molar-refractivity contribution in [3.05, 3.63) is 86.5 Å². The van der Waals surface area contributed by atoms with E-state index in [1.165, 1.54) is 4.88 Å². The monoisotopic (exact) mass is 416 g/mol. The first-order chi connectivity index (χ1) is 14.6. The second kappa shape index (κ2) is 7.54. The molecule has 1 aliphatic carbocycles. The number of carbonyl (C=O) groups is 1. The molecule has 1 aliphatic rings. The Kier molecular flexibility index (Phi) is 4.71. The fraction of sp³-hybridized carbons (Fsp3) is 0.208. The molecule has 0 spiro atoms. The maximum absolute atomic E-state index is 13.7. The molecule has 0 amide bonds. The molecule has 0 unspecified atom stereocenters. The van der Waals surface area contributed by atoms with E-state index in [-0.39, 0.29) is 17.7 Å². The number of carboxylic acids is 1. The van der Waals surface area contributed by atoms with Crippen LogP contribution in [0.25, 0.3) is 21.6 Å². The van der Waals surface area contributed by atoms with Gasteiger partial charge in [-0.3, -0.25) is 9.36 Å². The van der Waals surface area contributed by atoms with Crippen LogP contribution in [0, 0.1) is 0 Å². The summed E-state index contributed by atoms with van der Waals surface area (Å²) in [5, 5.41) is 10.1. The van der Waals surface area contributed by atoms with Gasteiger partial charge in [0.2, 0.25) is 0 Å². The van der Waals surface area contributed by atoms with Crippen LogP contribution in [0.5, 0.6) is 0 Å². The lowest BCUT2D eigenvalue weighted by Gasteiger charge is -2.14. The van der Waals surface area contributed by atoms with E-state index in [4.69, 9.17) is 4.98 Å². The zero-order valence-corrected chi connectivity index (χ0v) is 17.1. The summed E-state index contributed by atoms with van der Waals surface area (Å²) in [4.78, 5) is 32.1. The van der Waals surface area contributed by atoms with Crippen LogP contribution in [0.3, 0.4) is 0 Å². The Morgan fingerprint density at radius 1 is 1.07 bits per heavy atom. The molecule has 2 aromatic heterocycles. The molecule has 2 heterocycles. The Hall–Kier alpha value is -3.25. The summed E-state index contributed by atoms with van der Waals surface area (Å²) in [6.07, 6.45) is 4.18. The molecule has 0 fully saturated rings. The van der Waals surface area contributed by atoms with Crippen molar-refractivity contribution in [1.29, 1.82) is 0 Å². The van der Waals surface area contributed by atoms with Crippen molar-refractivity contribution in [3.63, 3.8) is 0 Å². The topological polar surface area (TPSA) is 72.2 Å². The van der Waals surface area contributed by atoms with Crippen molar-refractivity contribution in [2.45, 2.75) is 32.2 Å². The summed E-state index contributed by atoms with van der Waals surface area (Å²) in [5.74, 6) is -0.361. The van der Waals surface area contributed by atoms with Crippen LogP contribution < -0.4 is 5.56 Å². The van der Waals surface area contributed by atoms with E-state index >= 15 is 0 Å². The van der Waals surface area contributed by atoms with Gasteiger partial charge < -0.3 is 5.11 Å². The highest BCUT2D eigenvalue weighted by Crippen LogP contribution is 2.35. The number of carboxylic acid groups (broad SMARTS) is 1. The highest BCUT2D eigenvalue weighted by molar-refractivity contribution is 7.18. The van der Waals surface area contributed by atoms with Crippen molar-refractivity contribution in [2.24, 2.45) is 0 Å². The van der Waals surface area contributed by atoms with Crippen LogP contribution in [0.4, 0.5) is 0 Å². The molecule has 0 bridgehead atoms. The van der Waals surface area contributed by atoms with Gasteiger partial charge in [0.1, 0.15) is 10.7 Å². The quantitative estimate of drug-likeness (QED) is 0.521. The predicted molar refractivity (Wildman–Crippen MR) is 118 cm³/mol. The van der Waals surface area contributed by atoms with E-state index in [1.807, 2.05) is 36.4 Å². The van der Waals surface area contributed by atoms with Crippen molar-refractivity contribution < 1.29 is 9.90 Å². The minimum absolute atomic E-state index is 0.0426. The lowest BCUT2D eigenvalue weighted by molar-refractivity contribution is 0.0696. The molecule has 5 nitrogen and oxygen atoms in total. The largest absolute Gasteiger partial charge is 0.478 e. The summed E-state index contributed by atoms with van der Waals surface area (Å²) in [7, 11) is 0. The molecular weight excluding hydrogens is 396 g/mol. The average molecular weight is 417 g/mol. The molecule has 30 heavy (non-hydrogen) atoms. The molecule has 5 rings (SSSR count). The number of rotatable bonds is 4. The van der Waals surface area contributed by atoms with Crippen molar-refractivity contribution in [3.8, 4) is 11.4 Å². The summed E-state index contributed by atoms with van der Waals surface area (Å²) in [5.41, 5.74) is 2.96. The minimum atomic E-state index is -0.979. The van der Waals surface area contributed by atoms with E-state index in [2.05, 4.69) is 0 Å². The summed E-state index contributed by atoms with van der Waals surface area (Å²) < 4.78 is 1.69. The number of aromatic nitrogens is 2. The van der Waals surface area contributed by atoms with Crippen LogP contribution >= 0.6 is 11.3 Å². The normalized spacial score (nSPS) is 13.3. The van der Waals surface area contributed by atoms with E-state index in [0.717, 1.165) is 52.6 Å². The second-order valence-corrected chi connectivity index (χ2v) is 8.67. The third kappa shape index (κ3) is 3.23. The second-order valence-electron chi connectivity index (χ2n) is 7.59. The Bertz CT molecular complexity index is 1320. The van der Waals surface area contributed by atoms with Crippen molar-refractivity contribution in [2.75, 3.05) is 0 Å². The number of hydrogen-bond donors (Lipinski definition) is 1. The molecule has 0 saturated carbocycles. The van der Waals surface area contributed by atoms with Gasteiger partial charge in [0, 0.05) is 10.4 Å². The zero-order chi connectivity index (χ0) is 20.7. The molecule has 1 N–H and O–H groups in total. The third-order valence-electron chi connectivity index (χ3n) is 5.62. The lowest BCUT2D eigenvalue weighted by atomic mass is 9.97. The molecule has 2 aromatic carbocycles. The highest BCUT2D eigenvalue weighted by atomic mass is 32.1.